The van der Waals surface area contributed by atoms with Gasteiger partial charge >= 0.3 is 5.97 Å². The Morgan fingerprint density at radius 1 is 0.816 bits per heavy atom. The minimum atomic E-state index is -0.648. The Kier molecular flexibility index (Phi) is 6.28. The molecule has 2 atom stereocenters. The Balaban J connectivity index is 1.53. The highest BCUT2D eigenvalue weighted by molar-refractivity contribution is 6.04. The Morgan fingerprint density at radius 3 is 2.00 bits per heavy atom. The quantitative estimate of drug-likeness (QED) is 0.201. The zero-order valence-electron chi connectivity index (χ0n) is 21.0. The van der Waals surface area contributed by atoms with Gasteiger partial charge in [0.05, 0.1) is 17.3 Å². The van der Waals surface area contributed by atoms with Crippen molar-refractivity contribution in [3.05, 3.63) is 138 Å². The molecule has 5 nitrogen and oxygen atoms in total. The highest BCUT2D eigenvalue weighted by Crippen LogP contribution is 2.40. The minimum Gasteiger partial charge on any atom is -0.509 e. The van der Waals surface area contributed by atoms with Crippen LogP contribution in [0.25, 0.3) is 21.5 Å². The molecular formula is C33H28N2O3. The fraction of sp³-hybridized carbons (Fsp3) is 0.121. The molecule has 5 aromatic rings. The van der Waals surface area contributed by atoms with Crippen LogP contribution < -0.4 is 10.4 Å². The molecule has 5 heteroatoms. The van der Waals surface area contributed by atoms with Gasteiger partial charge in [-0.2, -0.15) is 0 Å². The first kappa shape index (κ1) is 23.8. The van der Waals surface area contributed by atoms with Crippen LogP contribution in [0.4, 0.5) is 5.69 Å². The third-order valence-electron chi connectivity index (χ3n) is 7.18. The molecule has 1 aliphatic heterocycles. The number of ether oxygens (including phenoxy) is 1. The third-order valence-corrected chi connectivity index (χ3v) is 7.18. The van der Waals surface area contributed by atoms with Crippen molar-refractivity contribution in [2.45, 2.75) is 25.6 Å². The fourth-order valence-electron chi connectivity index (χ4n) is 5.29. The highest BCUT2D eigenvalue weighted by Gasteiger charge is 2.39. The molecule has 38 heavy (non-hydrogen) atoms. The summed E-state index contributed by atoms with van der Waals surface area (Å²) in [5, 5.41) is 17.7. The third kappa shape index (κ3) is 4.27. The first-order chi connectivity index (χ1) is 18.6. The van der Waals surface area contributed by atoms with E-state index in [2.05, 4.69) is 35.8 Å². The number of aliphatic hydroxyl groups excluding tert-OH is 1. The number of anilines is 1. The largest absolute Gasteiger partial charge is 0.509 e. The summed E-state index contributed by atoms with van der Waals surface area (Å²) >= 11 is 0. The van der Waals surface area contributed by atoms with Gasteiger partial charge in [0, 0.05) is 0 Å². The van der Waals surface area contributed by atoms with Crippen molar-refractivity contribution < 1.29 is 14.6 Å². The molecule has 0 saturated carbocycles. The van der Waals surface area contributed by atoms with Gasteiger partial charge in [-0.3, -0.25) is 5.01 Å². The van der Waals surface area contributed by atoms with E-state index in [1.807, 2.05) is 96.9 Å². The van der Waals surface area contributed by atoms with E-state index in [1.165, 1.54) is 0 Å². The molecule has 0 amide bonds. The second kappa shape index (κ2) is 10.0. The number of carbonyl (C=O) groups excluding carboxylic acids is 1. The molecule has 6 rings (SSSR count). The number of para-hydroxylation sites is 1. The van der Waals surface area contributed by atoms with Crippen molar-refractivity contribution in [2.75, 3.05) is 5.01 Å². The second-order valence-electron chi connectivity index (χ2n) is 9.54. The van der Waals surface area contributed by atoms with Crippen LogP contribution in [0.1, 0.15) is 24.1 Å². The van der Waals surface area contributed by atoms with Crippen LogP contribution in [-0.4, -0.2) is 17.1 Å². The number of nitrogens with one attached hydrogen (secondary N) is 1. The Bertz CT molecular complexity index is 1590. The predicted molar refractivity (Wildman–Crippen MR) is 152 cm³/mol. The normalized spacial score (nSPS) is 17.7. The number of hydrazine groups is 1. The first-order valence-electron chi connectivity index (χ1n) is 12.8. The molecule has 0 fully saturated rings. The molecule has 0 aromatic heterocycles. The summed E-state index contributed by atoms with van der Waals surface area (Å²) in [6.45, 7) is 1.99. The molecule has 0 aliphatic carbocycles. The Hall–Kier alpha value is -4.61. The van der Waals surface area contributed by atoms with Crippen LogP contribution in [0.3, 0.4) is 0 Å². The van der Waals surface area contributed by atoms with Crippen LogP contribution in [0, 0.1) is 0 Å². The van der Waals surface area contributed by atoms with Crippen LogP contribution in [-0.2, 0) is 16.1 Å². The van der Waals surface area contributed by atoms with Crippen molar-refractivity contribution in [3.63, 3.8) is 0 Å². The highest BCUT2D eigenvalue weighted by atomic mass is 16.5. The maximum absolute atomic E-state index is 13.7. The number of rotatable bonds is 5. The van der Waals surface area contributed by atoms with E-state index in [9.17, 15) is 9.90 Å². The summed E-state index contributed by atoms with van der Waals surface area (Å²) in [5.41, 5.74) is 6.51. The molecule has 0 spiro atoms. The van der Waals surface area contributed by atoms with E-state index < -0.39 is 18.1 Å². The van der Waals surface area contributed by atoms with Crippen molar-refractivity contribution in [2.24, 2.45) is 0 Å². The maximum Gasteiger partial charge on any atom is 0.339 e. The molecule has 0 bridgehead atoms. The van der Waals surface area contributed by atoms with Gasteiger partial charge in [-0.05, 0) is 57.8 Å². The number of hydrogen-bond donors (Lipinski definition) is 2. The number of carbonyl (C=O) groups is 1. The van der Waals surface area contributed by atoms with E-state index in [4.69, 9.17) is 4.74 Å². The van der Waals surface area contributed by atoms with Crippen molar-refractivity contribution in [1.29, 1.82) is 0 Å². The summed E-state index contributed by atoms with van der Waals surface area (Å²) < 4.78 is 5.79. The second-order valence-corrected chi connectivity index (χ2v) is 9.54. The van der Waals surface area contributed by atoms with Gasteiger partial charge in [0.2, 0.25) is 0 Å². The minimum absolute atomic E-state index is 0.00678. The van der Waals surface area contributed by atoms with Crippen molar-refractivity contribution >= 4 is 33.2 Å². The molecule has 2 N–H and O–H groups in total. The number of esters is 1. The molecule has 5 aromatic carbocycles. The zero-order chi connectivity index (χ0) is 26.1. The smallest absolute Gasteiger partial charge is 0.339 e. The van der Waals surface area contributed by atoms with E-state index in [0.717, 1.165) is 38.4 Å². The molecule has 1 heterocycles. The van der Waals surface area contributed by atoms with E-state index in [1.54, 1.807) is 0 Å². The van der Waals surface area contributed by atoms with Gasteiger partial charge in [-0.15, -0.1) is 0 Å². The lowest BCUT2D eigenvalue weighted by Crippen LogP contribution is -2.53. The number of aliphatic hydroxyl groups is 1. The summed E-state index contributed by atoms with van der Waals surface area (Å²) in [7, 11) is 0. The lowest BCUT2D eigenvalue weighted by molar-refractivity contribution is -0.141. The summed E-state index contributed by atoms with van der Waals surface area (Å²) in [6.07, 6.45) is 0. The van der Waals surface area contributed by atoms with Crippen LogP contribution in [0.2, 0.25) is 0 Å². The predicted octanol–water partition coefficient (Wildman–Crippen LogP) is 7.00. The first-order valence-corrected chi connectivity index (χ1v) is 12.8. The fourth-order valence-corrected chi connectivity index (χ4v) is 5.29. The van der Waals surface area contributed by atoms with E-state index in [0.29, 0.717) is 0 Å². The molecule has 0 radical (unpaired) electrons. The van der Waals surface area contributed by atoms with Gasteiger partial charge in [0.15, 0.2) is 0 Å². The monoisotopic (exact) mass is 500 g/mol. The average Bonchev–Trinajstić information content (AvgIpc) is 2.97. The Labute approximate surface area is 221 Å². The van der Waals surface area contributed by atoms with Crippen molar-refractivity contribution in [3.8, 4) is 0 Å². The van der Waals surface area contributed by atoms with E-state index in [-0.39, 0.29) is 17.9 Å². The zero-order valence-corrected chi connectivity index (χ0v) is 21.0. The lowest BCUT2D eigenvalue weighted by Gasteiger charge is -2.41. The lowest BCUT2D eigenvalue weighted by atomic mass is 9.86. The van der Waals surface area contributed by atoms with Gasteiger partial charge in [-0.1, -0.05) is 97.1 Å². The van der Waals surface area contributed by atoms with Gasteiger partial charge in [0.25, 0.3) is 0 Å². The number of benzene rings is 5. The molecule has 1 aliphatic rings. The van der Waals surface area contributed by atoms with Crippen LogP contribution in [0.15, 0.2) is 127 Å². The summed E-state index contributed by atoms with van der Waals surface area (Å²) in [6, 6.07) is 36.7. The summed E-state index contributed by atoms with van der Waals surface area (Å²) in [4.78, 5) is 13.7. The van der Waals surface area contributed by atoms with Gasteiger partial charge in [-0.25, -0.2) is 10.2 Å². The molecule has 0 saturated heterocycles. The van der Waals surface area contributed by atoms with Crippen LogP contribution >= 0.6 is 0 Å². The number of nitrogens with zero attached hydrogens (tertiary/aromatic N) is 1. The maximum atomic E-state index is 13.7. The number of fused-ring (bicyclic) bond motifs is 2. The molecular weight excluding hydrogens is 472 g/mol. The SMILES string of the molecule is C[C@@H]1C(O)=C(C(=O)OCc2ccccc2)[C@H](c2c3ccccc3cc3ccccc23)NN1c1ccccc1. The standard InChI is InChI=1S/C33H28N2O3/c1-22-32(36)30(33(37)38-21-23-12-4-2-5-13-23)31(34-35(22)26-16-6-3-7-17-26)29-27-18-10-8-14-24(27)20-25-15-9-11-19-28(25)29/h2-20,22,31,34,36H,21H2,1H3/t22-,31+/m1/s1. The summed E-state index contributed by atoms with van der Waals surface area (Å²) in [5.74, 6) is -0.548. The number of hydrogen-bond acceptors (Lipinski definition) is 5. The average molecular weight is 501 g/mol. The van der Waals surface area contributed by atoms with Gasteiger partial charge in [0.1, 0.15) is 18.4 Å². The van der Waals surface area contributed by atoms with Crippen LogP contribution in [0.5, 0.6) is 0 Å². The van der Waals surface area contributed by atoms with Crippen molar-refractivity contribution in [1.82, 2.24) is 5.43 Å². The molecule has 0 unspecified atom stereocenters. The van der Waals surface area contributed by atoms with E-state index >= 15 is 0 Å². The van der Waals surface area contributed by atoms with Gasteiger partial charge < -0.3 is 9.84 Å². The topological polar surface area (TPSA) is 61.8 Å². The Morgan fingerprint density at radius 2 is 1.37 bits per heavy atom. The molecule has 188 valence electrons.